The molecule has 0 atom stereocenters. The van der Waals surface area contributed by atoms with Gasteiger partial charge in [0.05, 0.1) is 22.1 Å². The summed E-state index contributed by atoms with van der Waals surface area (Å²) in [5, 5.41) is 7.90. The normalized spacial score (nSPS) is 11.3. The van der Waals surface area contributed by atoms with Gasteiger partial charge in [0, 0.05) is 17.4 Å². The van der Waals surface area contributed by atoms with Gasteiger partial charge in [0.15, 0.2) is 0 Å². The van der Waals surface area contributed by atoms with Crippen LogP contribution in [0.25, 0.3) is 32.9 Å². The third-order valence-corrected chi connectivity index (χ3v) is 5.38. The molecule has 4 N–H and O–H groups in total. The maximum absolute atomic E-state index is 13.1. The van der Waals surface area contributed by atoms with Crippen molar-refractivity contribution in [2.45, 2.75) is 13.0 Å². The van der Waals surface area contributed by atoms with E-state index >= 15 is 0 Å². The molecule has 0 aliphatic heterocycles. The predicted molar refractivity (Wildman–Crippen MR) is 124 cm³/mol. The number of carbonyl (C=O) groups is 1. The number of imidazole rings is 1. The van der Waals surface area contributed by atoms with Crippen LogP contribution in [0.1, 0.15) is 11.3 Å². The SMILES string of the molecule is NC(=O)Oc1nc2ccc(-c3cc(Cc4n[nH]c(=O)c5ccccc45)ccc3OC(F)F)cc2[nH]1. The number of aromatic amines is 2. The van der Waals surface area contributed by atoms with E-state index in [0.717, 1.165) is 5.56 Å². The lowest BCUT2D eigenvalue weighted by Gasteiger charge is -2.13. The molecule has 11 heteroatoms. The predicted octanol–water partition coefficient (Wildman–Crippen LogP) is 4.12. The first-order chi connectivity index (χ1) is 16.9. The minimum absolute atomic E-state index is 0.0180. The van der Waals surface area contributed by atoms with E-state index in [1.54, 1.807) is 48.5 Å². The van der Waals surface area contributed by atoms with Crippen LogP contribution in [0, 0.1) is 0 Å². The molecule has 0 aliphatic carbocycles. The van der Waals surface area contributed by atoms with Crippen molar-refractivity contribution in [1.82, 2.24) is 20.2 Å². The molecule has 0 bridgehead atoms. The number of hydrogen-bond acceptors (Lipinski definition) is 6. The molecule has 5 aromatic rings. The Labute approximate surface area is 195 Å². The standard InChI is InChI=1S/C24H17F2N5O4/c25-22(26)34-20-8-5-12(10-18-14-3-1-2-4-15(14)21(32)31-30-18)9-16(20)13-6-7-17-19(11-13)29-24(28-17)35-23(27)33/h1-9,11,22H,10H2,(H2,27,33)(H,28,29)(H,31,32). The molecule has 176 valence electrons. The van der Waals surface area contributed by atoms with E-state index < -0.39 is 12.7 Å². The average molecular weight is 477 g/mol. The van der Waals surface area contributed by atoms with Crippen molar-refractivity contribution in [3.63, 3.8) is 0 Å². The van der Waals surface area contributed by atoms with Crippen molar-refractivity contribution in [1.29, 1.82) is 0 Å². The van der Waals surface area contributed by atoms with Crippen LogP contribution in [0.4, 0.5) is 13.6 Å². The topological polar surface area (TPSA) is 136 Å². The first kappa shape index (κ1) is 22.0. The maximum Gasteiger partial charge on any atom is 0.412 e. The summed E-state index contributed by atoms with van der Waals surface area (Å²) in [4.78, 5) is 30.0. The van der Waals surface area contributed by atoms with E-state index in [1.807, 2.05) is 6.07 Å². The minimum atomic E-state index is -3.02. The highest BCUT2D eigenvalue weighted by Crippen LogP contribution is 2.34. The van der Waals surface area contributed by atoms with Crippen LogP contribution in [0.15, 0.2) is 65.5 Å². The third-order valence-electron chi connectivity index (χ3n) is 5.38. The number of halogens is 2. The summed E-state index contributed by atoms with van der Waals surface area (Å²) in [5.74, 6) is -0.0180. The Morgan fingerprint density at radius 3 is 2.63 bits per heavy atom. The first-order valence-electron chi connectivity index (χ1n) is 10.4. The number of hydrogen-bond donors (Lipinski definition) is 3. The molecule has 2 heterocycles. The average Bonchev–Trinajstić information content (AvgIpc) is 3.22. The Morgan fingerprint density at radius 2 is 1.86 bits per heavy atom. The molecule has 0 saturated heterocycles. The molecule has 0 radical (unpaired) electrons. The van der Waals surface area contributed by atoms with Crippen molar-refractivity contribution in [3.8, 4) is 22.9 Å². The molecule has 2 aromatic heterocycles. The van der Waals surface area contributed by atoms with Crippen molar-refractivity contribution < 1.29 is 23.0 Å². The molecule has 3 aromatic carbocycles. The van der Waals surface area contributed by atoms with E-state index in [1.165, 1.54) is 6.07 Å². The second-order valence-electron chi connectivity index (χ2n) is 7.63. The van der Waals surface area contributed by atoms with Crippen LogP contribution in [0.2, 0.25) is 0 Å². The lowest BCUT2D eigenvalue weighted by Crippen LogP contribution is -2.16. The minimum Gasteiger partial charge on any atom is -0.434 e. The summed E-state index contributed by atoms with van der Waals surface area (Å²) in [6.07, 6.45) is -0.685. The number of fused-ring (bicyclic) bond motifs is 2. The summed E-state index contributed by atoms with van der Waals surface area (Å²) < 4.78 is 35.7. The quantitative estimate of drug-likeness (QED) is 0.337. The Hall–Kier alpha value is -4.80. The molecule has 0 unspecified atom stereocenters. The molecule has 0 aliphatic rings. The fourth-order valence-corrected chi connectivity index (χ4v) is 3.91. The fraction of sp³-hybridized carbons (Fsp3) is 0.0833. The highest BCUT2D eigenvalue weighted by Gasteiger charge is 2.16. The Balaban J connectivity index is 1.57. The van der Waals surface area contributed by atoms with Crippen LogP contribution in [0.3, 0.4) is 0 Å². The van der Waals surface area contributed by atoms with Gasteiger partial charge >= 0.3 is 18.7 Å². The van der Waals surface area contributed by atoms with Crippen LogP contribution < -0.4 is 20.8 Å². The van der Waals surface area contributed by atoms with Crippen LogP contribution >= 0.6 is 0 Å². The van der Waals surface area contributed by atoms with Crippen molar-refractivity contribution >= 4 is 27.9 Å². The van der Waals surface area contributed by atoms with Crippen molar-refractivity contribution in [3.05, 3.63) is 82.3 Å². The van der Waals surface area contributed by atoms with Gasteiger partial charge in [0.1, 0.15) is 5.75 Å². The number of nitrogens with two attached hydrogens (primary N) is 1. The summed E-state index contributed by atoms with van der Waals surface area (Å²) >= 11 is 0. The Bertz CT molecular complexity index is 1630. The number of amides is 1. The molecule has 0 spiro atoms. The van der Waals surface area contributed by atoms with Crippen LogP contribution in [0.5, 0.6) is 11.8 Å². The van der Waals surface area contributed by atoms with E-state index in [2.05, 4.69) is 20.2 Å². The third kappa shape index (κ3) is 4.51. The van der Waals surface area contributed by atoms with E-state index in [0.29, 0.717) is 45.0 Å². The zero-order chi connectivity index (χ0) is 24.5. The van der Waals surface area contributed by atoms with Gasteiger partial charge in [-0.05, 0) is 41.5 Å². The number of alkyl halides is 2. The fourth-order valence-electron chi connectivity index (χ4n) is 3.91. The number of primary amides is 1. The van der Waals surface area contributed by atoms with Gasteiger partial charge in [-0.2, -0.15) is 18.9 Å². The number of aromatic nitrogens is 4. The van der Waals surface area contributed by atoms with Gasteiger partial charge < -0.3 is 20.2 Å². The summed E-state index contributed by atoms with van der Waals surface area (Å²) in [6, 6.07) is 16.8. The van der Waals surface area contributed by atoms with Gasteiger partial charge in [0.2, 0.25) is 0 Å². The smallest absolute Gasteiger partial charge is 0.412 e. The lowest BCUT2D eigenvalue weighted by atomic mass is 9.98. The lowest BCUT2D eigenvalue weighted by molar-refractivity contribution is -0.0494. The first-order valence-corrected chi connectivity index (χ1v) is 10.4. The zero-order valence-electron chi connectivity index (χ0n) is 17.9. The molecule has 1 amide bonds. The second-order valence-corrected chi connectivity index (χ2v) is 7.63. The van der Waals surface area contributed by atoms with Crippen LogP contribution in [-0.2, 0) is 6.42 Å². The van der Waals surface area contributed by atoms with E-state index in [-0.39, 0.29) is 17.3 Å². The summed E-state index contributed by atoms with van der Waals surface area (Å²) in [5.41, 5.74) is 8.07. The number of nitrogens with one attached hydrogen (secondary N) is 2. The molecule has 5 rings (SSSR count). The molecular formula is C24H17F2N5O4. The monoisotopic (exact) mass is 477 g/mol. The summed E-state index contributed by atoms with van der Waals surface area (Å²) in [6.45, 7) is -3.02. The Kier molecular flexibility index (Phi) is 5.57. The number of rotatable bonds is 6. The number of H-pyrrole nitrogens is 2. The Morgan fingerprint density at radius 1 is 1.06 bits per heavy atom. The zero-order valence-corrected chi connectivity index (χ0v) is 17.9. The second kappa shape index (κ2) is 8.86. The number of benzene rings is 3. The largest absolute Gasteiger partial charge is 0.434 e. The molecule has 0 fully saturated rings. The van der Waals surface area contributed by atoms with Crippen molar-refractivity contribution in [2.24, 2.45) is 5.73 Å². The number of ether oxygens (including phenoxy) is 2. The van der Waals surface area contributed by atoms with Gasteiger partial charge in [-0.15, -0.1) is 0 Å². The van der Waals surface area contributed by atoms with E-state index in [9.17, 15) is 18.4 Å². The highest BCUT2D eigenvalue weighted by atomic mass is 19.3. The van der Waals surface area contributed by atoms with Crippen LogP contribution in [-0.4, -0.2) is 32.9 Å². The van der Waals surface area contributed by atoms with E-state index in [4.69, 9.17) is 15.2 Å². The molecule has 9 nitrogen and oxygen atoms in total. The highest BCUT2D eigenvalue weighted by molar-refractivity contribution is 5.85. The number of carbonyl (C=O) groups excluding carboxylic acids is 1. The number of nitrogens with zero attached hydrogens (tertiary/aromatic N) is 2. The molecule has 35 heavy (non-hydrogen) atoms. The van der Waals surface area contributed by atoms with Gasteiger partial charge in [-0.1, -0.05) is 30.3 Å². The summed E-state index contributed by atoms with van der Waals surface area (Å²) in [7, 11) is 0. The van der Waals surface area contributed by atoms with Gasteiger partial charge in [-0.25, -0.2) is 9.89 Å². The van der Waals surface area contributed by atoms with Gasteiger partial charge in [0.25, 0.3) is 5.56 Å². The van der Waals surface area contributed by atoms with Crippen molar-refractivity contribution in [2.75, 3.05) is 0 Å². The molecule has 0 saturated carbocycles. The van der Waals surface area contributed by atoms with Gasteiger partial charge in [-0.3, -0.25) is 4.79 Å². The maximum atomic E-state index is 13.1. The molecular weight excluding hydrogens is 460 g/mol.